The quantitative estimate of drug-likeness (QED) is 0.353. The fraction of sp³-hybridized carbons (Fsp3) is 0.286. The number of aromatic nitrogens is 1. The molecule has 1 aromatic heterocycles. The van der Waals surface area contributed by atoms with Gasteiger partial charge in [-0.15, -0.1) is 0 Å². The van der Waals surface area contributed by atoms with Crippen molar-refractivity contribution in [2.75, 3.05) is 0 Å². The molecule has 0 aliphatic rings. The molecule has 10 heavy (non-hydrogen) atoms. The summed E-state index contributed by atoms with van der Waals surface area (Å²) in [7, 11) is 1.91. The van der Waals surface area contributed by atoms with Gasteiger partial charge in [0, 0.05) is 13.2 Å². The van der Waals surface area contributed by atoms with Crippen LogP contribution in [0.1, 0.15) is 12.6 Å². The molecule has 54 valence electrons. The molecular weight excluding hydrogens is 128 g/mol. The summed E-state index contributed by atoms with van der Waals surface area (Å²) < 4.78 is 1.90. The first-order chi connectivity index (χ1) is 4.75. The van der Waals surface area contributed by atoms with Gasteiger partial charge >= 0.3 is 0 Å². The molecule has 0 amide bonds. The van der Waals surface area contributed by atoms with Crippen LogP contribution in [-0.2, 0) is 7.05 Å². The van der Waals surface area contributed by atoms with Crippen molar-refractivity contribution in [2.24, 2.45) is 12.2 Å². The van der Waals surface area contributed by atoms with E-state index in [4.69, 9.17) is 5.21 Å². The van der Waals surface area contributed by atoms with Gasteiger partial charge in [0.1, 0.15) is 5.71 Å². The van der Waals surface area contributed by atoms with Crippen molar-refractivity contribution < 1.29 is 5.21 Å². The number of aryl methyl sites for hydroxylation is 1. The minimum absolute atomic E-state index is 0.632. The highest BCUT2D eigenvalue weighted by atomic mass is 16.4. The first-order valence-corrected chi connectivity index (χ1v) is 3.06. The van der Waals surface area contributed by atoms with E-state index in [2.05, 4.69) is 5.16 Å². The van der Waals surface area contributed by atoms with Crippen LogP contribution in [0, 0.1) is 0 Å². The van der Waals surface area contributed by atoms with Crippen LogP contribution in [0.2, 0.25) is 0 Å². The van der Waals surface area contributed by atoms with Crippen molar-refractivity contribution >= 4 is 5.71 Å². The zero-order valence-corrected chi connectivity index (χ0v) is 6.07. The summed E-state index contributed by atoms with van der Waals surface area (Å²) in [6.45, 7) is 1.76. The summed E-state index contributed by atoms with van der Waals surface area (Å²) in [4.78, 5) is 0. The first-order valence-electron chi connectivity index (χ1n) is 3.06. The maximum atomic E-state index is 8.41. The Labute approximate surface area is 59.6 Å². The summed E-state index contributed by atoms with van der Waals surface area (Å²) in [5.41, 5.74) is 1.56. The third-order valence-corrected chi connectivity index (χ3v) is 1.46. The molecule has 0 aromatic carbocycles. The zero-order chi connectivity index (χ0) is 7.56. The Morgan fingerprint density at radius 2 is 2.40 bits per heavy atom. The Hall–Kier alpha value is -1.25. The van der Waals surface area contributed by atoms with Crippen LogP contribution in [0.4, 0.5) is 0 Å². The largest absolute Gasteiger partial charge is 0.411 e. The molecule has 0 radical (unpaired) electrons. The Kier molecular flexibility index (Phi) is 1.76. The molecule has 3 nitrogen and oxygen atoms in total. The van der Waals surface area contributed by atoms with Crippen LogP contribution in [0.25, 0.3) is 0 Å². The third kappa shape index (κ3) is 1.03. The van der Waals surface area contributed by atoms with Gasteiger partial charge in [-0.1, -0.05) is 5.16 Å². The lowest BCUT2D eigenvalue weighted by Crippen LogP contribution is -2.01. The molecule has 0 saturated carbocycles. The summed E-state index contributed by atoms with van der Waals surface area (Å²) in [5, 5.41) is 11.5. The monoisotopic (exact) mass is 138 g/mol. The van der Waals surface area contributed by atoms with E-state index >= 15 is 0 Å². The van der Waals surface area contributed by atoms with Crippen LogP contribution in [0.15, 0.2) is 23.5 Å². The lowest BCUT2D eigenvalue weighted by molar-refractivity contribution is 0.318. The Morgan fingerprint density at radius 3 is 2.80 bits per heavy atom. The number of nitrogens with zero attached hydrogens (tertiary/aromatic N) is 2. The summed E-state index contributed by atoms with van der Waals surface area (Å²) in [6, 6.07) is 3.80. The fourth-order valence-electron chi connectivity index (χ4n) is 0.888. The maximum absolute atomic E-state index is 8.41. The molecule has 0 aliphatic carbocycles. The highest BCUT2D eigenvalue weighted by Gasteiger charge is 1.99. The van der Waals surface area contributed by atoms with Crippen LogP contribution < -0.4 is 0 Å². The standard InChI is InChI=1S/C7H10N2O/c1-6(8-10)7-4-3-5-9(7)2/h3-5,10H,1-2H3/b8-6-. The van der Waals surface area contributed by atoms with Crippen LogP contribution >= 0.6 is 0 Å². The van der Waals surface area contributed by atoms with E-state index in [0.29, 0.717) is 5.71 Å². The predicted octanol–water partition coefficient (Wildman–Crippen LogP) is 1.22. The fourth-order valence-corrected chi connectivity index (χ4v) is 0.888. The molecule has 0 spiro atoms. The van der Waals surface area contributed by atoms with Crippen LogP contribution in [0.5, 0.6) is 0 Å². The van der Waals surface area contributed by atoms with E-state index in [-0.39, 0.29) is 0 Å². The maximum Gasteiger partial charge on any atom is 0.100 e. The van der Waals surface area contributed by atoms with Crippen molar-refractivity contribution in [3.8, 4) is 0 Å². The van der Waals surface area contributed by atoms with Gasteiger partial charge in [-0.05, 0) is 19.1 Å². The van der Waals surface area contributed by atoms with Crippen LogP contribution in [0.3, 0.4) is 0 Å². The van der Waals surface area contributed by atoms with E-state index in [1.54, 1.807) is 6.92 Å². The van der Waals surface area contributed by atoms with Crippen LogP contribution in [-0.4, -0.2) is 15.5 Å². The highest BCUT2D eigenvalue weighted by Crippen LogP contribution is 2.00. The van der Waals surface area contributed by atoms with Crippen molar-refractivity contribution in [3.63, 3.8) is 0 Å². The first kappa shape index (κ1) is 6.86. The Morgan fingerprint density at radius 1 is 1.70 bits per heavy atom. The molecule has 0 bridgehead atoms. The molecule has 0 aliphatic heterocycles. The van der Waals surface area contributed by atoms with Crippen molar-refractivity contribution in [2.45, 2.75) is 6.92 Å². The van der Waals surface area contributed by atoms with Gasteiger partial charge in [0.2, 0.25) is 0 Å². The summed E-state index contributed by atoms with van der Waals surface area (Å²) >= 11 is 0. The number of rotatable bonds is 1. The van der Waals surface area contributed by atoms with E-state index in [1.807, 2.05) is 29.9 Å². The average Bonchev–Trinajstić information content (AvgIpc) is 2.34. The second-order valence-corrected chi connectivity index (χ2v) is 2.19. The summed E-state index contributed by atoms with van der Waals surface area (Å²) in [6.07, 6.45) is 1.91. The lowest BCUT2D eigenvalue weighted by Gasteiger charge is -1.98. The van der Waals surface area contributed by atoms with Gasteiger partial charge in [-0.25, -0.2) is 0 Å². The molecule has 0 saturated heterocycles. The number of hydrogen-bond donors (Lipinski definition) is 1. The Bertz CT molecular complexity index is 250. The minimum atomic E-state index is 0.632. The van der Waals surface area contributed by atoms with E-state index in [0.717, 1.165) is 5.69 Å². The van der Waals surface area contributed by atoms with Gasteiger partial charge in [0.15, 0.2) is 0 Å². The molecule has 0 unspecified atom stereocenters. The van der Waals surface area contributed by atoms with Gasteiger partial charge in [-0.3, -0.25) is 0 Å². The molecule has 1 rings (SSSR count). The molecule has 0 atom stereocenters. The average molecular weight is 138 g/mol. The second kappa shape index (κ2) is 2.56. The predicted molar refractivity (Wildman–Crippen MR) is 39.4 cm³/mol. The molecule has 0 fully saturated rings. The van der Waals surface area contributed by atoms with Gasteiger partial charge in [-0.2, -0.15) is 0 Å². The lowest BCUT2D eigenvalue weighted by atomic mass is 10.3. The molecule has 1 aromatic rings. The van der Waals surface area contributed by atoms with E-state index in [1.165, 1.54) is 0 Å². The summed E-state index contributed by atoms with van der Waals surface area (Å²) in [5.74, 6) is 0. The van der Waals surface area contributed by atoms with Crippen molar-refractivity contribution in [3.05, 3.63) is 24.0 Å². The topological polar surface area (TPSA) is 37.5 Å². The molecular formula is C7H10N2O. The smallest absolute Gasteiger partial charge is 0.100 e. The van der Waals surface area contributed by atoms with Gasteiger partial charge < -0.3 is 9.77 Å². The molecule has 1 N–H and O–H groups in total. The Balaban J connectivity index is 3.05. The zero-order valence-electron chi connectivity index (χ0n) is 6.07. The SMILES string of the molecule is C/C(=N/O)c1cccn1C. The molecule has 3 heteroatoms. The second-order valence-electron chi connectivity index (χ2n) is 2.19. The van der Waals surface area contributed by atoms with E-state index in [9.17, 15) is 0 Å². The number of hydrogen-bond acceptors (Lipinski definition) is 2. The number of oxime groups is 1. The minimum Gasteiger partial charge on any atom is -0.411 e. The highest BCUT2D eigenvalue weighted by molar-refractivity contribution is 5.96. The normalized spacial score (nSPS) is 12.0. The van der Waals surface area contributed by atoms with Crippen molar-refractivity contribution in [1.29, 1.82) is 0 Å². The van der Waals surface area contributed by atoms with Crippen molar-refractivity contribution in [1.82, 2.24) is 4.57 Å². The van der Waals surface area contributed by atoms with E-state index < -0.39 is 0 Å². The van der Waals surface area contributed by atoms with Gasteiger partial charge in [0.25, 0.3) is 0 Å². The molecule has 1 heterocycles. The van der Waals surface area contributed by atoms with Gasteiger partial charge in [0.05, 0.1) is 5.69 Å². The third-order valence-electron chi connectivity index (χ3n) is 1.46.